The van der Waals surface area contributed by atoms with Crippen LogP contribution in [0.25, 0.3) is 33.4 Å². The molecule has 3 nitrogen and oxygen atoms in total. The lowest BCUT2D eigenvalue weighted by atomic mass is 9.74. The molecule has 0 heterocycles. The minimum atomic E-state index is -1.52. The van der Waals surface area contributed by atoms with Gasteiger partial charge < -0.3 is 14.7 Å². The minimum Gasteiger partial charge on any atom is -0.496 e. The Kier molecular flexibility index (Phi) is 8.88. The third-order valence-electron chi connectivity index (χ3n) is 11.5. The molecule has 9 rings (SSSR count). The van der Waals surface area contributed by atoms with Crippen LogP contribution in [-0.4, -0.2) is 12.2 Å². The van der Waals surface area contributed by atoms with Gasteiger partial charge in [-0.25, -0.2) is 0 Å². The summed E-state index contributed by atoms with van der Waals surface area (Å²) in [7, 11) is 1.72. The first kappa shape index (κ1) is 35.0. The minimum absolute atomic E-state index is 0.234. The van der Waals surface area contributed by atoms with Gasteiger partial charge in [0.2, 0.25) is 0 Å². The van der Waals surface area contributed by atoms with E-state index in [4.69, 9.17) is 4.74 Å². The SMILES string of the molecule is COc1cc(N(c2ccccc2)c2ccccc2)ccc1-c1ccccc1C(O)(c1ccc(-c2ccccc2)cc1)c1ccc2c(c1)C(C)(C)c1ccccc1-2. The van der Waals surface area contributed by atoms with E-state index in [0.717, 1.165) is 56.0 Å². The topological polar surface area (TPSA) is 32.7 Å². The Hall–Kier alpha value is -6.68. The molecule has 0 fully saturated rings. The van der Waals surface area contributed by atoms with Crippen molar-refractivity contribution in [3.05, 3.63) is 228 Å². The van der Waals surface area contributed by atoms with Gasteiger partial charge in [-0.1, -0.05) is 172 Å². The molecule has 0 bridgehead atoms. The second-order valence-corrected chi connectivity index (χ2v) is 15.0. The molecule has 1 aliphatic rings. The summed E-state index contributed by atoms with van der Waals surface area (Å²) < 4.78 is 6.22. The summed E-state index contributed by atoms with van der Waals surface area (Å²) in [6.07, 6.45) is 0. The second kappa shape index (κ2) is 14.2. The maximum atomic E-state index is 13.7. The number of benzene rings is 8. The maximum Gasteiger partial charge on any atom is 0.141 e. The average molecular weight is 726 g/mol. The van der Waals surface area contributed by atoms with Crippen LogP contribution in [-0.2, 0) is 11.0 Å². The summed E-state index contributed by atoms with van der Waals surface area (Å²) in [4.78, 5) is 2.23. The number of hydrogen-bond acceptors (Lipinski definition) is 3. The number of hydrogen-bond donors (Lipinski definition) is 1. The molecule has 0 saturated heterocycles. The van der Waals surface area contributed by atoms with Crippen molar-refractivity contribution >= 4 is 17.1 Å². The smallest absolute Gasteiger partial charge is 0.141 e. The average Bonchev–Trinajstić information content (AvgIpc) is 3.50. The highest BCUT2D eigenvalue weighted by atomic mass is 16.5. The summed E-state index contributed by atoms with van der Waals surface area (Å²) in [5, 5.41) is 13.7. The first-order chi connectivity index (χ1) is 27.4. The van der Waals surface area contributed by atoms with Crippen LogP contribution in [0.1, 0.15) is 41.7 Å². The number of aliphatic hydroxyl groups is 1. The van der Waals surface area contributed by atoms with Crippen LogP contribution in [0.5, 0.6) is 5.75 Å². The largest absolute Gasteiger partial charge is 0.496 e. The molecule has 0 saturated carbocycles. The number of fused-ring (bicyclic) bond motifs is 3. The summed E-state index contributed by atoms with van der Waals surface area (Å²) in [6, 6.07) is 69.2. The number of para-hydroxylation sites is 2. The van der Waals surface area contributed by atoms with Gasteiger partial charge in [0.05, 0.1) is 7.11 Å². The molecule has 272 valence electrons. The second-order valence-electron chi connectivity index (χ2n) is 15.0. The van der Waals surface area contributed by atoms with Crippen LogP contribution in [0.3, 0.4) is 0 Å². The monoisotopic (exact) mass is 725 g/mol. The van der Waals surface area contributed by atoms with Gasteiger partial charge in [-0.05, 0) is 86.5 Å². The fourth-order valence-corrected chi connectivity index (χ4v) is 8.62. The zero-order valence-corrected chi connectivity index (χ0v) is 31.9. The molecule has 8 aromatic carbocycles. The predicted molar refractivity (Wildman–Crippen MR) is 231 cm³/mol. The van der Waals surface area contributed by atoms with Gasteiger partial charge in [-0.3, -0.25) is 0 Å². The van der Waals surface area contributed by atoms with Crippen LogP contribution < -0.4 is 9.64 Å². The number of ether oxygens (including phenoxy) is 1. The van der Waals surface area contributed by atoms with Crippen LogP contribution in [0.15, 0.2) is 200 Å². The lowest BCUT2D eigenvalue weighted by Crippen LogP contribution is -2.30. The third kappa shape index (κ3) is 5.89. The van der Waals surface area contributed by atoms with Gasteiger partial charge in [0.1, 0.15) is 11.4 Å². The van der Waals surface area contributed by atoms with Gasteiger partial charge in [-0.15, -0.1) is 0 Å². The predicted octanol–water partition coefficient (Wildman–Crippen LogP) is 13.1. The van der Waals surface area contributed by atoms with Crippen molar-refractivity contribution in [3.63, 3.8) is 0 Å². The van der Waals surface area contributed by atoms with Crippen LogP contribution in [0, 0.1) is 0 Å². The number of anilines is 3. The van der Waals surface area contributed by atoms with E-state index in [9.17, 15) is 5.11 Å². The molecule has 3 heteroatoms. The highest BCUT2D eigenvalue weighted by Crippen LogP contribution is 2.52. The van der Waals surface area contributed by atoms with E-state index in [0.29, 0.717) is 5.75 Å². The normalized spacial score (nSPS) is 13.6. The van der Waals surface area contributed by atoms with Gasteiger partial charge in [0.15, 0.2) is 0 Å². The zero-order valence-electron chi connectivity index (χ0n) is 31.9. The number of rotatable bonds is 9. The first-order valence-electron chi connectivity index (χ1n) is 19.2. The summed E-state index contributed by atoms with van der Waals surface area (Å²) >= 11 is 0. The van der Waals surface area contributed by atoms with Crippen LogP contribution in [0.2, 0.25) is 0 Å². The quantitative estimate of drug-likeness (QED) is 0.150. The van der Waals surface area contributed by atoms with Crippen molar-refractivity contribution in [3.8, 4) is 39.1 Å². The Morgan fingerprint density at radius 3 is 1.62 bits per heavy atom. The Bertz CT molecular complexity index is 2610. The lowest BCUT2D eigenvalue weighted by Gasteiger charge is -2.34. The van der Waals surface area contributed by atoms with E-state index in [1.165, 1.54) is 22.3 Å². The molecule has 56 heavy (non-hydrogen) atoms. The van der Waals surface area contributed by atoms with Crippen molar-refractivity contribution in [1.82, 2.24) is 0 Å². The van der Waals surface area contributed by atoms with Crippen molar-refractivity contribution in [1.29, 1.82) is 0 Å². The molecule has 0 aliphatic heterocycles. The van der Waals surface area contributed by atoms with Crippen LogP contribution in [0.4, 0.5) is 17.1 Å². The summed E-state index contributed by atoms with van der Waals surface area (Å²) in [6.45, 7) is 4.56. The molecular weight excluding hydrogens is 683 g/mol. The molecule has 8 aromatic rings. The Labute approximate surface area is 329 Å². The van der Waals surface area contributed by atoms with Crippen molar-refractivity contribution in [2.24, 2.45) is 0 Å². The van der Waals surface area contributed by atoms with E-state index in [1.54, 1.807) is 7.11 Å². The maximum absolute atomic E-state index is 13.7. The lowest BCUT2D eigenvalue weighted by molar-refractivity contribution is 0.126. The Morgan fingerprint density at radius 2 is 0.964 bits per heavy atom. The molecule has 1 atom stereocenters. The fourth-order valence-electron chi connectivity index (χ4n) is 8.62. The molecule has 0 amide bonds. The molecule has 1 unspecified atom stereocenters. The van der Waals surface area contributed by atoms with Crippen molar-refractivity contribution in [2.45, 2.75) is 24.9 Å². The Morgan fingerprint density at radius 1 is 0.446 bits per heavy atom. The molecular formula is C53H43NO2. The Balaban J connectivity index is 1.22. The van der Waals surface area contributed by atoms with E-state index in [1.807, 2.05) is 30.3 Å². The fraction of sp³-hybridized carbons (Fsp3) is 0.0943. The van der Waals surface area contributed by atoms with Gasteiger partial charge in [-0.2, -0.15) is 0 Å². The summed E-state index contributed by atoms with van der Waals surface area (Å²) in [5.74, 6) is 0.708. The highest BCUT2D eigenvalue weighted by Gasteiger charge is 2.41. The van der Waals surface area contributed by atoms with E-state index >= 15 is 0 Å². The van der Waals surface area contributed by atoms with Crippen molar-refractivity contribution < 1.29 is 9.84 Å². The molecule has 1 aliphatic carbocycles. The highest BCUT2D eigenvalue weighted by molar-refractivity contribution is 5.84. The van der Waals surface area contributed by atoms with E-state index < -0.39 is 5.60 Å². The van der Waals surface area contributed by atoms with Gasteiger partial charge in [0.25, 0.3) is 0 Å². The van der Waals surface area contributed by atoms with Gasteiger partial charge >= 0.3 is 0 Å². The molecule has 0 radical (unpaired) electrons. The molecule has 0 aromatic heterocycles. The third-order valence-corrected chi connectivity index (χ3v) is 11.5. The van der Waals surface area contributed by atoms with Crippen LogP contribution >= 0.6 is 0 Å². The van der Waals surface area contributed by atoms with Gasteiger partial charge in [0, 0.05) is 39.7 Å². The number of nitrogens with zero attached hydrogens (tertiary/aromatic N) is 1. The zero-order chi connectivity index (χ0) is 38.3. The summed E-state index contributed by atoms with van der Waals surface area (Å²) in [5.41, 5.74) is 12.6. The van der Waals surface area contributed by atoms with E-state index in [-0.39, 0.29) is 5.41 Å². The molecule has 0 spiro atoms. The number of methoxy groups -OCH3 is 1. The van der Waals surface area contributed by atoms with Crippen molar-refractivity contribution in [2.75, 3.05) is 12.0 Å². The van der Waals surface area contributed by atoms with E-state index in [2.05, 4.69) is 189 Å². The molecule has 1 N–H and O–H groups in total. The standard InChI is InChI=1S/C53H43NO2/c1-52(2)48-25-15-13-23-44(48)46-33-31-40(35-50(46)52)53(55,39-29-27-38(28-30-39)37-17-7-4-8-18-37)49-26-16-14-24-45(49)47-34-32-43(36-51(47)56-3)54(41-19-9-5-10-20-41)42-21-11-6-12-22-42/h4-36,55H,1-3H3. The first-order valence-corrected chi connectivity index (χ1v) is 19.2.